The van der Waals surface area contributed by atoms with E-state index >= 15 is 0 Å². The van der Waals surface area contributed by atoms with Crippen LogP contribution in [0.2, 0.25) is 0 Å². The molecular formula is C22H24FN3O2S. The van der Waals surface area contributed by atoms with Crippen LogP contribution in [0.3, 0.4) is 0 Å². The van der Waals surface area contributed by atoms with Crippen LogP contribution in [0, 0.1) is 5.82 Å². The topological polar surface area (TPSA) is 54.3 Å². The summed E-state index contributed by atoms with van der Waals surface area (Å²) in [7, 11) is 1.62. The fraction of sp³-hybridized carbons (Fsp3) is 0.318. The van der Waals surface area contributed by atoms with Crippen molar-refractivity contribution in [3.8, 4) is 5.75 Å². The maximum absolute atomic E-state index is 13.2. The van der Waals surface area contributed by atoms with Crippen molar-refractivity contribution in [2.75, 3.05) is 7.11 Å². The fourth-order valence-electron chi connectivity index (χ4n) is 2.91. The number of methoxy groups -OCH3 is 1. The van der Waals surface area contributed by atoms with Crippen molar-refractivity contribution in [2.45, 2.75) is 38.0 Å². The van der Waals surface area contributed by atoms with Crippen molar-refractivity contribution in [1.82, 2.24) is 4.90 Å². The molecule has 3 rings (SSSR count). The zero-order valence-corrected chi connectivity index (χ0v) is 17.4. The summed E-state index contributed by atoms with van der Waals surface area (Å²) in [5.74, 6) is 0.510. The zero-order chi connectivity index (χ0) is 20.6. The molecule has 0 saturated carbocycles. The smallest absolute Gasteiger partial charge is 0.242 e. The van der Waals surface area contributed by atoms with Gasteiger partial charge in [0.15, 0.2) is 5.17 Å². The van der Waals surface area contributed by atoms with Gasteiger partial charge < -0.3 is 4.74 Å². The van der Waals surface area contributed by atoms with E-state index in [2.05, 4.69) is 17.1 Å². The third-order valence-electron chi connectivity index (χ3n) is 4.56. The molecule has 29 heavy (non-hydrogen) atoms. The first-order valence-electron chi connectivity index (χ1n) is 9.58. The number of carbonyl (C=O) groups is 1. The molecule has 1 amide bonds. The Labute approximate surface area is 174 Å². The second-order valence-corrected chi connectivity index (χ2v) is 7.87. The average Bonchev–Trinajstić information content (AvgIpc) is 3.03. The van der Waals surface area contributed by atoms with Crippen molar-refractivity contribution >= 4 is 29.1 Å². The lowest BCUT2D eigenvalue weighted by Crippen LogP contribution is -2.31. The van der Waals surface area contributed by atoms with Gasteiger partial charge in [-0.15, -0.1) is 5.10 Å². The van der Waals surface area contributed by atoms with Crippen LogP contribution in [0.25, 0.3) is 0 Å². The molecule has 152 valence electrons. The van der Waals surface area contributed by atoms with Crippen molar-refractivity contribution in [1.29, 1.82) is 0 Å². The number of amides is 1. The molecule has 0 aliphatic carbocycles. The van der Waals surface area contributed by atoms with Gasteiger partial charge in [-0.25, -0.2) is 4.39 Å². The maximum Gasteiger partial charge on any atom is 0.242 e. The number of amidine groups is 1. The number of thioether (sulfide) groups is 1. The Bertz CT molecular complexity index is 882. The Morgan fingerprint density at radius 2 is 1.90 bits per heavy atom. The normalized spacial score (nSPS) is 18.2. The minimum absolute atomic E-state index is 0.0335. The van der Waals surface area contributed by atoms with E-state index in [9.17, 15) is 9.18 Å². The van der Waals surface area contributed by atoms with Gasteiger partial charge in [-0.2, -0.15) is 5.10 Å². The monoisotopic (exact) mass is 413 g/mol. The Morgan fingerprint density at radius 3 is 2.55 bits per heavy atom. The molecule has 0 radical (unpaired) electrons. The van der Waals surface area contributed by atoms with Gasteiger partial charge >= 0.3 is 0 Å². The number of carbonyl (C=O) groups excluding carboxylic acids is 1. The summed E-state index contributed by atoms with van der Waals surface area (Å²) in [5.41, 5.74) is 1.74. The minimum Gasteiger partial charge on any atom is -0.497 e. The third-order valence-corrected chi connectivity index (χ3v) is 5.79. The van der Waals surface area contributed by atoms with E-state index in [0.717, 1.165) is 36.1 Å². The molecule has 0 N–H and O–H groups in total. The SMILES string of the molecule is CCCC[C@H]1S/C(=N/N=C\c2ccc(OC)cc2)N(Cc2ccc(F)cc2)C1=O. The molecule has 0 aromatic heterocycles. The largest absolute Gasteiger partial charge is 0.497 e. The van der Waals surface area contributed by atoms with Gasteiger partial charge in [0.2, 0.25) is 5.91 Å². The van der Waals surface area contributed by atoms with Gasteiger partial charge in [0.1, 0.15) is 11.6 Å². The van der Waals surface area contributed by atoms with E-state index in [4.69, 9.17) is 4.74 Å². The van der Waals surface area contributed by atoms with Gasteiger partial charge in [-0.3, -0.25) is 9.69 Å². The Balaban J connectivity index is 1.77. The van der Waals surface area contributed by atoms with Crippen LogP contribution < -0.4 is 4.74 Å². The summed E-state index contributed by atoms with van der Waals surface area (Å²) in [6, 6.07) is 13.6. The minimum atomic E-state index is -0.297. The molecule has 1 aliphatic rings. The highest BCUT2D eigenvalue weighted by Crippen LogP contribution is 2.32. The number of halogens is 1. The first kappa shape index (κ1) is 21.0. The lowest BCUT2D eigenvalue weighted by molar-refractivity contribution is -0.126. The van der Waals surface area contributed by atoms with E-state index in [1.807, 2.05) is 24.3 Å². The van der Waals surface area contributed by atoms with Gasteiger partial charge in [-0.1, -0.05) is 43.7 Å². The molecule has 1 aliphatic heterocycles. The number of ether oxygens (including phenoxy) is 1. The summed E-state index contributed by atoms with van der Waals surface area (Å²) in [6.45, 7) is 2.46. The number of nitrogens with zero attached hydrogens (tertiary/aromatic N) is 3. The van der Waals surface area contributed by atoms with Gasteiger partial charge in [0.25, 0.3) is 0 Å². The predicted octanol–water partition coefficient (Wildman–Crippen LogP) is 4.86. The second-order valence-electron chi connectivity index (χ2n) is 6.70. The van der Waals surface area contributed by atoms with E-state index in [1.54, 1.807) is 30.4 Å². The van der Waals surface area contributed by atoms with Crippen molar-refractivity contribution < 1.29 is 13.9 Å². The number of rotatable bonds is 8. The zero-order valence-electron chi connectivity index (χ0n) is 16.5. The quantitative estimate of drug-likeness (QED) is 0.459. The van der Waals surface area contributed by atoms with Gasteiger partial charge in [0.05, 0.1) is 25.1 Å². The lowest BCUT2D eigenvalue weighted by Gasteiger charge is -2.15. The van der Waals surface area contributed by atoms with Crippen LogP contribution in [-0.2, 0) is 11.3 Å². The van der Waals surface area contributed by atoms with Crippen LogP contribution in [-0.4, -0.2) is 34.5 Å². The first-order valence-corrected chi connectivity index (χ1v) is 10.5. The summed E-state index contributed by atoms with van der Waals surface area (Å²) >= 11 is 1.45. The molecule has 2 aromatic rings. The Hall–Kier alpha value is -2.67. The molecule has 0 bridgehead atoms. The van der Waals surface area contributed by atoms with Crippen LogP contribution in [0.4, 0.5) is 4.39 Å². The molecule has 2 aromatic carbocycles. The van der Waals surface area contributed by atoms with Crippen molar-refractivity contribution in [3.05, 3.63) is 65.5 Å². The Morgan fingerprint density at radius 1 is 1.17 bits per heavy atom. The maximum atomic E-state index is 13.2. The van der Waals surface area contributed by atoms with E-state index < -0.39 is 0 Å². The van der Waals surface area contributed by atoms with E-state index in [1.165, 1.54) is 23.9 Å². The fourth-order valence-corrected chi connectivity index (χ4v) is 4.05. The Kier molecular flexibility index (Phi) is 7.41. The summed E-state index contributed by atoms with van der Waals surface area (Å²) in [5, 5.41) is 8.92. The number of benzene rings is 2. The lowest BCUT2D eigenvalue weighted by atomic mass is 10.1. The molecule has 0 unspecified atom stereocenters. The number of unbranched alkanes of at least 4 members (excludes halogenated alkanes) is 1. The second kappa shape index (κ2) is 10.2. The van der Waals surface area contributed by atoms with Crippen molar-refractivity contribution in [3.63, 3.8) is 0 Å². The van der Waals surface area contributed by atoms with Crippen LogP contribution >= 0.6 is 11.8 Å². The first-order chi connectivity index (χ1) is 14.1. The predicted molar refractivity (Wildman–Crippen MR) is 116 cm³/mol. The van der Waals surface area contributed by atoms with Crippen LogP contribution in [0.15, 0.2) is 58.7 Å². The van der Waals surface area contributed by atoms with Crippen LogP contribution in [0.5, 0.6) is 5.75 Å². The van der Waals surface area contributed by atoms with E-state index in [0.29, 0.717) is 11.7 Å². The highest BCUT2D eigenvalue weighted by molar-refractivity contribution is 8.15. The van der Waals surface area contributed by atoms with E-state index in [-0.39, 0.29) is 17.0 Å². The molecule has 1 heterocycles. The molecule has 1 saturated heterocycles. The standard InChI is InChI=1S/C22H24FN3O2S/c1-3-4-5-20-21(27)26(15-17-6-10-18(23)11-7-17)22(29-20)25-24-14-16-8-12-19(28-2)13-9-16/h6-14,20H,3-5,15H2,1-2H3/b24-14-,25-22+/t20-/m1/s1. The molecule has 0 spiro atoms. The summed E-state index contributed by atoms with van der Waals surface area (Å²) < 4.78 is 18.3. The molecule has 1 fully saturated rings. The number of hydrogen-bond donors (Lipinski definition) is 0. The highest BCUT2D eigenvalue weighted by Gasteiger charge is 2.37. The van der Waals surface area contributed by atoms with Crippen LogP contribution in [0.1, 0.15) is 37.3 Å². The van der Waals surface area contributed by atoms with Gasteiger partial charge in [-0.05, 0) is 53.9 Å². The highest BCUT2D eigenvalue weighted by atomic mass is 32.2. The van der Waals surface area contributed by atoms with Gasteiger partial charge in [0, 0.05) is 0 Å². The molecule has 1 atom stereocenters. The molecular weight excluding hydrogens is 389 g/mol. The third kappa shape index (κ3) is 5.67. The average molecular weight is 414 g/mol. The number of hydrogen-bond acceptors (Lipinski definition) is 5. The summed E-state index contributed by atoms with van der Waals surface area (Å²) in [6.07, 6.45) is 4.47. The summed E-state index contributed by atoms with van der Waals surface area (Å²) in [4.78, 5) is 14.5. The molecule has 7 heteroatoms. The molecule has 5 nitrogen and oxygen atoms in total. The van der Waals surface area contributed by atoms with Crippen molar-refractivity contribution in [2.24, 2.45) is 10.2 Å².